The minimum absolute atomic E-state index is 0.0846. The lowest BCUT2D eigenvalue weighted by atomic mass is 10.1. The summed E-state index contributed by atoms with van der Waals surface area (Å²) in [6, 6.07) is 4.74. The number of rotatable bonds is 9. The van der Waals surface area contributed by atoms with E-state index in [1.807, 2.05) is 53.9 Å². The monoisotopic (exact) mass is 433 g/mol. The molecule has 0 saturated heterocycles. The minimum atomic E-state index is -1.04. The number of carbonyl (C=O) groups is 2. The van der Waals surface area contributed by atoms with Gasteiger partial charge >= 0.3 is 12.1 Å². The molecule has 2 rings (SSSR count). The highest BCUT2D eigenvalue weighted by molar-refractivity contribution is 5.93. The number of hydrogen-bond donors (Lipinski definition) is 1. The quantitative estimate of drug-likeness (QED) is 0.479. The first-order chi connectivity index (χ1) is 14.5. The van der Waals surface area contributed by atoms with Gasteiger partial charge in [-0.15, -0.1) is 0 Å². The average Bonchev–Trinajstić information content (AvgIpc) is 3.08. The Morgan fingerprint density at radius 3 is 2.32 bits per heavy atom. The lowest BCUT2D eigenvalue weighted by molar-refractivity contribution is -0.177. The van der Waals surface area contributed by atoms with Crippen molar-refractivity contribution in [3.05, 3.63) is 30.0 Å². The summed E-state index contributed by atoms with van der Waals surface area (Å²) >= 11 is 0. The Balaban J connectivity index is 2.31. The molecule has 2 N–H and O–H groups in total. The molecule has 0 aliphatic heterocycles. The van der Waals surface area contributed by atoms with Gasteiger partial charge in [0.15, 0.2) is 0 Å². The van der Waals surface area contributed by atoms with Crippen molar-refractivity contribution in [1.82, 2.24) is 9.47 Å². The summed E-state index contributed by atoms with van der Waals surface area (Å²) in [5.41, 5.74) is 7.58. The zero-order valence-electron chi connectivity index (χ0n) is 19.5. The second-order valence-electron chi connectivity index (χ2n) is 8.66. The molecule has 0 radical (unpaired) electrons. The van der Waals surface area contributed by atoms with Crippen molar-refractivity contribution in [2.45, 2.75) is 46.4 Å². The van der Waals surface area contributed by atoms with Gasteiger partial charge < -0.3 is 24.8 Å². The van der Waals surface area contributed by atoms with Crippen molar-refractivity contribution < 1.29 is 23.8 Å². The Morgan fingerprint density at radius 1 is 1.10 bits per heavy atom. The summed E-state index contributed by atoms with van der Waals surface area (Å²) in [4.78, 5) is 27.4. The van der Waals surface area contributed by atoms with Crippen LogP contribution >= 0.6 is 0 Å². The highest BCUT2D eigenvalue weighted by Gasteiger charge is 2.28. The first-order valence-electron chi connectivity index (χ1n) is 10.5. The van der Waals surface area contributed by atoms with E-state index in [1.165, 1.54) is 4.57 Å². The zero-order chi connectivity index (χ0) is 23.3. The maximum Gasteiger partial charge on any atom is 0.421 e. The number of esters is 1. The Morgan fingerprint density at radius 2 is 1.77 bits per heavy atom. The molecule has 0 fully saturated rings. The van der Waals surface area contributed by atoms with E-state index >= 15 is 0 Å². The SMILES string of the molecule is COc1ccc2c(c1)c(CCN(C)C)cn2C(=O)OC(OC(=O)C(N)C(C)C)C(C)C. The van der Waals surface area contributed by atoms with Crippen molar-refractivity contribution in [3.8, 4) is 5.75 Å². The van der Waals surface area contributed by atoms with Crippen LogP contribution in [0.2, 0.25) is 0 Å². The maximum atomic E-state index is 13.0. The van der Waals surface area contributed by atoms with Gasteiger partial charge in [0.05, 0.1) is 12.6 Å². The van der Waals surface area contributed by atoms with Crippen molar-refractivity contribution in [3.63, 3.8) is 0 Å². The smallest absolute Gasteiger partial charge is 0.421 e. The summed E-state index contributed by atoms with van der Waals surface area (Å²) in [5, 5.41) is 0.915. The molecule has 0 aliphatic carbocycles. The van der Waals surface area contributed by atoms with E-state index in [0.717, 1.165) is 23.9 Å². The van der Waals surface area contributed by atoms with Gasteiger partial charge in [-0.25, -0.2) is 4.79 Å². The van der Waals surface area contributed by atoms with Gasteiger partial charge in [-0.2, -0.15) is 0 Å². The summed E-state index contributed by atoms with van der Waals surface area (Å²) in [6.45, 7) is 8.11. The topological polar surface area (TPSA) is 96.0 Å². The Kier molecular flexibility index (Phi) is 8.47. The molecule has 2 aromatic rings. The Labute approximate surface area is 184 Å². The number of benzene rings is 1. The fraction of sp³-hybridized carbons (Fsp3) is 0.565. The first-order valence-corrected chi connectivity index (χ1v) is 10.5. The van der Waals surface area contributed by atoms with Crippen LogP contribution in [0.4, 0.5) is 4.79 Å². The highest BCUT2D eigenvalue weighted by atomic mass is 16.7. The number of fused-ring (bicyclic) bond motifs is 1. The van der Waals surface area contributed by atoms with E-state index in [9.17, 15) is 9.59 Å². The van der Waals surface area contributed by atoms with Gasteiger partial charge in [-0.1, -0.05) is 27.7 Å². The number of ether oxygens (including phenoxy) is 3. The highest BCUT2D eigenvalue weighted by Crippen LogP contribution is 2.27. The molecule has 1 heterocycles. The molecule has 0 bridgehead atoms. The van der Waals surface area contributed by atoms with Crippen LogP contribution in [0.1, 0.15) is 33.3 Å². The summed E-state index contributed by atoms with van der Waals surface area (Å²) in [6.07, 6.45) is 0.874. The summed E-state index contributed by atoms with van der Waals surface area (Å²) in [7, 11) is 5.60. The van der Waals surface area contributed by atoms with Crippen LogP contribution in [0.3, 0.4) is 0 Å². The van der Waals surface area contributed by atoms with Crippen LogP contribution in [0.15, 0.2) is 24.4 Å². The van der Waals surface area contributed by atoms with E-state index in [2.05, 4.69) is 4.90 Å². The van der Waals surface area contributed by atoms with Crippen molar-refractivity contribution in [1.29, 1.82) is 0 Å². The van der Waals surface area contributed by atoms with E-state index in [-0.39, 0.29) is 11.8 Å². The molecule has 8 nitrogen and oxygen atoms in total. The molecule has 1 aromatic heterocycles. The van der Waals surface area contributed by atoms with Crippen LogP contribution in [-0.4, -0.2) is 61.6 Å². The summed E-state index contributed by atoms with van der Waals surface area (Å²) < 4.78 is 17.8. The second-order valence-corrected chi connectivity index (χ2v) is 8.66. The van der Waals surface area contributed by atoms with E-state index in [1.54, 1.807) is 19.4 Å². The minimum Gasteiger partial charge on any atom is -0.497 e. The molecule has 172 valence electrons. The fourth-order valence-corrected chi connectivity index (χ4v) is 3.02. The van der Waals surface area contributed by atoms with Gasteiger partial charge in [0, 0.05) is 24.0 Å². The molecular formula is C23H35N3O5. The van der Waals surface area contributed by atoms with Crippen LogP contribution < -0.4 is 10.5 Å². The maximum absolute atomic E-state index is 13.0. The van der Waals surface area contributed by atoms with Crippen LogP contribution in [0.25, 0.3) is 10.9 Å². The number of hydrogen-bond acceptors (Lipinski definition) is 7. The number of methoxy groups -OCH3 is 1. The predicted molar refractivity (Wildman–Crippen MR) is 120 cm³/mol. The molecule has 0 aliphatic rings. The van der Waals surface area contributed by atoms with E-state index < -0.39 is 24.4 Å². The molecule has 8 heteroatoms. The molecular weight excluding hydrogens is 398 g/mol. The number of nitrogens with zero attached hydrogens (tertiary/aromatic N) is 2. The van der Waals surface area contributed by atoms with Gasteiger partial charge in [-0.3, -0.25) is 9.36 Å². The van der Waals surface area contributed by atoms with Crippen LogP contribution in [0, 0.1) is 11.8 Å². The molecule has 2 unspecified atom stereocenters. The molecule has 1 aromatic carbocycles. The third-order valence-corrected chi connectivity index (χ3v) is 5.10. The van der Waals surface area contributed by atoms with Crippen LogP contribution in [0.5, 0.6) is 5.75 Å². The normalized spacial score (nSPS) is 13.6. The van der Waals surface area contributed by atoms with Crippen LogP contribution in [-0.2, 0) is 20.7 Å². The molecule has 0 saturated carbocycles. The standard InChI is InChI=1S/C23H35N3O5/c1-14(2)20(24)21(27)30-22(15(3)4)31-23(28)26-13-16(10-11-25(5)6)18-12-17(29-7)8-9-19(18)26/h8-9,12-15,20,22H,10-11,24H2,1-7H3. The summed E-state index contributed by atoms with van der Waals surface area (Å²) in [5.74, 6) is -0.197. The Bertz CT molecular complexity index is 904. The molecule has 31 heavy (non-hydrogen) atoms. The van der Waals surface area contributed by atoms with E-state index in [0.29, 0.717) is 11.3 Å². The van der Waals surface area contributed by atoms with Gasteiger partial charge in [-0.05, 0) is 50.2 Å². The molecule has 0 spiro atoms. The lowest BCUT2D eigenvalue weighted by Gasteiger charge is -2.24. The second kappa shape index (κ2) is 10.6. The number of nitrogens with two attached hydrogens (primary N) is 1. The lowest BCUT2D eigenvalue weighted by Crippen LogP contribution is -2.41. The average molecular weight is 434 g/mol. The molecule has 2 atom stereocenters. The Hall–Kier alpha value is -2.58. The zero-order valence-corrected chi connectivity index (χ0v) is 19.5. The van der Waals surface area contributed by atoms with Crippen molar-refractivity contribution in [2.24, 2.45) is 17.6 Å². The molecule has 0 amide bonds. The third-order valence-electron chi connectivity index (χ3n) is 5.10. The van der Waals surface area contributed by atoms with Crippen molar-refractivity contribution in [2.75, 3.05) is 27.7 Å². The van der Waals surface area contributed by atoms with Gasteiger partial charge in [0.2, 0.25) is 0 Å². The largest absolute Gasteiger partial charge is 0.497 e. The van der Waals surface area contributed by atoms with Gasteiger partial charge in [0.25, 0.3) is 6.29 Å². The van der Waals surface area contributed by atoms with E-state index in [4.69, 9.17) is 19.9 Å². The first kappa shape index (κ1) is 24.7. The number of carbonyl (C=O) groups excluding carboxylic acids is 2. The number of aromatic nitrogens is 1. The van der Waals surface area contributed by atoms with Gasteiger partial charge in [0.1, 0.15) is 11.8 Å². The van der Waals surface area contributed by atoms with Crippen molar-refractivity contribution >= 4 is 23.0 Å². The third kappa shape index (κ3) is 6.21. The predicted octanol–water partition coefficient (Wildman–Crippen LogP) is 3.25. The fourth-order valence-electron chi connectivity index (χ4n) is 3.02. The number of likely N-dealkylation sites (N-methyl/N-ethyl adjacent to an activating group) is 1.